The van der Waals surface area contributed by atoms with E-state index in [1.807, 2.05) is 13.1 Å². The van der Waals surface area contributed by atoms with Crippen LogP contribution in [0.15, 0.2) is 4.99 Å². The molecule has 0 saturated heterocycles. The lowest BCUT2D eigenvalue weighted by Crippen LogP contribution is -2.39. The lowest BCUT2D eigenvalue weighted by molar-refractivity contribution is 0.0607. The van der Waals surface area contributed by atoms with Crippen molar-refractivity contribution < 1.29 is 5.11 Å². The van der Waals surface area contributed by atoms with Gasteiger partial charge in [-0.1, -0.05) is 33.6 Å². The lowest BCUT2D eigenvalue weighted by Gasteiger charge is -2.40. The molecular formula is C14H27NO. The molecule has 0 heterocycles. The molecule has 1 rings (SSSR count). The normalized spacial score (nSPS) is 29.0. The van der Waals surface area contributed by atoms with Gasteiger partial charge in [0.2, 0.25) is 0 Å². The van der Waals surface area contributed by atoms with Crippen LogP contribution in [0.2, 0.25) is 0 Å². The molecule has 0 aromatic rings. The van der Waals surface area contributed by atoms with E-state index in [1.54, 1.807) is 0 Å². The molecule has 1 N–H and O–H groups in total. The van der Waals surface area contributed by atoms with Crippen molar-refractivity contribution in [3.05, 3.63) is 0 Å². The lowest BCUT2D eigenvalue weighted by atomic mass is 9.69. The Hall–Kier alpha value is -0.370. The third kappa shape index (κ3) is 3.58. The highest BCUT2D eigenvalue weighted by Crippen LogP contribution is 2.40. The summed E-state index contributed by atoms with van der Waals surface area (Å²) in [5.41, 5.74) is 0. The standard InChI is InChI=1S/C14H27NO/c1-4-7-8-15-14(13(16)6-3)12-9-11(5-2)10-12/h8,11-14,16H,4-7,9-10H2,1-3H3. The Morgan fingerprint density at radius 2 is 2.00 bits per heavy atom. The Labute approximate surface area is 100 Å². The second kappa shape index (κ2) is 7.05. The number of aliphatic hydroxyl groups is 1. The van der Waals surface area contributed by atoms with E-state index in [4.69, 9.17) is 0 Å². The van der Waals surface area contributed by atoms with Crippen LogP contribution in [0.1, 0.15) is 59.3 Å². The van der Waals surface area contributed by atoms with Crippen molar-refractivity contribution in [2.75, 3.05) is 0 Å². The van der Waals surface area contributed by atoms with Gasteiger partial charge in [0.1, 0.15) is 0 Å². The number of aliphatic hydroxyl groups excluding tert-OH is 1. The minimum absolute atomic E-state index is 0.166. The number of unbranched alkanes of at least 4 members (excludes halogenated alkanes) is 1. The van der Waals surface area contributed by atoms with Gasteiger partial charge in [-0.25, -0.2) is 0 Å². The van der Waals surface area contributed by atoms with Crippen LogP contribution in [-0.2, 0) is 0 Å². The first-order chi connectivity index (χ1) is 7.72. The predicted molar refractivity (Wildman–Crippen MR) is 70.0 cm³/mol. The molecule has 0 amide bonds. The van der Waals surface area contributed by atoms with Gasteiger partial charge in [0.25, 0.3) is 0 Å². The summed E-state index contributed by atoms with van der Waals surface area (Å²) in [6, 6.07) is 0.166. The maximum atomic E-state index is 10.00. The summed E-state index contributed by atoms with van der Waals surface area (Å²) in [6.07, 6.45) is 8.59. The average Bonchev–Trinajstić information content (AvgIpc) is 2.24. The highest BCUT2D eigenvalue weighted by Gasteiger charge is 2.36. The molecule has 0 aromatic heterocycles. The van der Waals surface area contributed by atoms with Gasteiger partial charge in [-0.2, -0.15) is 0 Å². The Bertz CT molecular complexity index is 209. The SMILES string of the molecule is CCCC=NC(C(O)CC)C1CC(CC)C1. The van der Waals surface area contributed by atoms with Crippen LogP contribution in [0.3, 0.4) is 0 Å². The van der Waals surface area contributed by atoms with E-state index in [0.717, 1.165) is 25.2 Å². The van der Waals surface area contributed by atoms with Crippen molar-refractivity contribution in [3.8, 4) is 0 Å². The highest BCUT2D eigenvalue weighted by atomic mass is 16.3. The molecule has 2 nitrogen and oxygen atoms in total. The molecule has 2 heteroatoms. The van der Waals surface area contributed by atoms with E-state index in [1.165, 1.54) is 19.3 Å². The molecule has 2 atom stereocenters. The molecule has 0 aliphatic heterocycles. The molecule has 1 saturated carbocycles. The summed E-state index contributed by atoms with van der Waals surface area (Å²) in [5, 5.41) is 10.00. The molecule has 94 valence electrons. The first kappa shape index (κ1) is 13.7. The van der Waals surface area contributed by atoms with Gasteiger partial charge in [-0.15, -0.1) is 0 Å². The molecular weight excluding hydrogens is 198 g/mol. The molecule has 1 fully saturated rings. The van der Waals surface area contributed by atoms with Crippen LogP contribution in [-0.4, -0.2) is 23.5 Å². The van der Waals surface area contributed by atoms with Crippen molar-refractivity contribution in [2.45, 2.75) is 71.4 Å². The first-order valence-corrected chi connectivity index (χ1v) is 6.92. The zero-order valence-electron chi connectivity index (χ0n) is 11.0. The third-order valence-electron chi connectivity index (χ3n) is 3.84. The van der Waals surface area contributed by atoms with E-state index < -0.39 is 0 Å². The minimum Gasteiger partial charge on any atom is -0.391 e. The van der Waals surface area contributed by atoms with Gasteiger partial charge in [-0.3, -0.25) is 4.99 Å². The Kier molecular flexibility index (Phi) is 6.04. The topological polar surface area (TPSA) is 32.6 Å². The van der Waals surface area contributed by atoms with Gasteiger partial charge < -0.3 is 5.11 Å². The second-order valence-electron chi connectivity index (χ2n) is 5.09. The molecule has 0 spiro atoms. The van der Waals surface area contributed by atoms with Crippen LogP contribution in [0, 0.1) is 11.8 Å². The number of nitrogens with zero attached hydrogens (tertiary/aromatic N) is 1. The van der Waals surface area contributed by atoms with E-state index in [-0.39, 0.29) is 12.1 Å². The van der Waals surface area contributed by atoms with E-state index in [2.05, 4.69) is 18.8 Å². The third-order valence-corrected chi connectivity index (χ3v) is 3.84. The van der Waals surface area contributed by atoms with Crippen LogP contribution in [0.5, 0.6) is 0 Å². The fraction of sp³-hybridized carbons (Fsp3) is 0.929. The van der Waals surface area contributed by atoms with Crippen LogP contribution < -0.4 is 0 Å². The van der Waals surface area contributed by atoms with E-state index in [9.17, 15) is 5.11 Å². The summed E-state index contributed by atoms with van der Waals surface area (Å²) in [7, 11) is 0. The van der Waals surface area contributed by atoms with Crippen molar-refractivity contribution in [2.24, 2.45) is 16.8 Å². The predicted octanol–water partition coefficient (Wildman–Crippen LogP) is 3.43. The molecule has 1 aliphatic carbocycles. The largest absolute Gasteiger partial charge is 0.391 e. The summed E-state index contributed by atoms with van der Waals surface area (Å²) < 4.78 is 0. The van der Waals surface area contributed by atoms with E-state index in [0.29, 0.717) is 5.92 Å². The van der Waals surface area contributed by atoms with Crippen molar-refractivity contribution in [3.63, 3.8) is 0 Å². The zero-order chi connectivity index (χ0) is 12.0. The average molecular weight is 225 g/mol. The Balaban J connectivity index is 2.45. The maximum absolute atomic E-state index is 10.00. The fourth-order valence-corrected chi connectivity index (χ4v) is 2.50. The fourth-order valence-electron chi connectivity index (χ4n) is 2.50. The molecule has 2 unspecified atom stereocenters. The van der Waals surface area contributed by atoms with Crippen molar-refractivity contribution in [1.82, 2.24) is 0 Å². The van der Waals surface area contributed by atoms with Gasteiger partial charge in [-0.05, 0) is 43.7 Å². The number of aliphatic imine (C=N–C) groups is 1. The summed E-state index contributed by atoms with van der Waals surface area (Å²) in [4.78, 5) is 4.60. The van der Waals surface area contributed by atoms with Crippen molar-refractivity contribution >= 4 is 6.21 Å². The van der Waals surface area contributed by atoms with Crippen LogP contribution in [0.25, 0.3) is 0 Å². The summed E-state index contributed by atoms with van der Waals surface area (Å²) in [5.74, 6) is 1.52. The molecule has 0 radical (unpaired) electrons. The number of hydrogen-bond donors (Lipinski definition) is 1. The van der Waals surface area contributed by atoms with Gasteiger partial charge in [0, 0.05) is 0 Å². The molecule has 0 aromatic carbocycles. The number of rotatable bonds is 7. The van der Waals surface area contributed by atoms with Crippen molar-refractivity contribution in [1.29, 1.82) is 0 Å². The second-order valence-corrected chi connectivity index (χ2v) is 5.09. The maximum Gasteiger partial charge on any atom is 0.0782 e. The van der Waals surface area contributed by atoms with Crippen LogP contribution in [0.4, 0.5) is 0 Å². The smallest absolute Gasteiger partial charge is 0.0782 e. The van der Waals surface area contributed by atoms with Gasteiger partial charge in [0.05, 0.1) is 12.1 Å². The zero-order valence-corrected chi connectivity index (χ0v) is 11.0. The van der Waals surface area contributed by atoms with Gasteiger partial charge >= 0.3 is 0 Å². The quantitative estimate of drug-likeness (QED) is 0.661. The molecule has 0 bridgehead atoms. The Morgan fingerprint density at radius 1 is 1.31 bits per heavy atom. The molecule has 1 aliphatic rings. The van der Waals surface area contributed by atoms with Gasteiger partial charge in [0.15, 0.2) is 0 Å². The Morgan fingerprint density at radius 3 is 2.50 bits per heavy atom. The summed E-state index contributed by atoms with van der Waals surface area (Å²) >= 11 is 0. The van der Waals surface area contributed by atoms with Crippen LogP contribution >= 0.6 is 0 Å². The summed E-state index contributed by atoms with van der Waals surface area (Å²) in [6.45, 7) is 6.46. The van der Waals surface area contributed by atoms with E-state index >= 15 is 0 Å². The minimum atomic E-state index is -0.240. The molecule has 16 heavy (non-hydrogen) atoms. The highest BCUT2D eigenvalue weighted by molar-refractivity contribution is 5.57. The number of hydrogen-bond acceptors (Lipinski definition) is 2. The first-order valence-electron chi connectivity index (χ1n) is 6.92. The monoisotopic (exact) mass is 225 g/mol.